The van der Waals surface area contributed by atoms with Crippen LogP contribution in [0.1, 0.15) is 0 Å². The van der Waals surface area contributed by atoms with Crippen molar-refractivity contribution in [3.05, 3.63) is 53.2 Å². The average Bonchev–Trinajstić information content (AvgIpc) is 3.14. The standard InChI is InChI=1S/C13H11FN6O2/c14-11-5-9(1-2-12(11)19-4-3-16-8-19)20-7-10(6-17-18-15)22-13(20)21/h1-5,8,10H,6-7H2/t10-/m0/s1. The van der Waals surface area contributed by atoms with E-state index >= 15 is 0 Å². The summed E-state index contributed by atoms with van der Waals surface area (Å²) in [5, 5.41) is 3.37. The predicted molar refractivity (Wildman–Crippen MR) is 75.2 cm³/mol. The van der Waals surface area contributed by atoms with E-state index in [0.29, 0.717) is 11.4 Å². The number of aromatic nitrogens is 2. The fraction of sp³-hybridized carbons (Fsp3) is 0.231. The maximum absolute atomic E-state index is 14.2. The van der Waals surface area contributed by atoms with Gasteiger partial charge in [0.05, 0.1) is 30.8 Å². The largest absolute Gasteiger partial charge is 0.444 e. The Morgan fingerprint density at radius 2 is 2.41 bits per heavy atom. The fourth-order valence-corrected chi connectivity index (χ4v) is 2.23. The molecule has 3 rings (SSSR count). The Balaban J connectivity index is 1.82. The van der Waals surface area contributed by atoms with Gasteiger partial charge < -0.3 is 9.30 Å². The van der Waals surface area contributed by atoms with Gasteiger partial charge >= 0.3 is 6.09 Å². The van der Waals surface area contributed by atoms with Crippen molar-refractivity contribution in [3.8, 4) is 5.69 Å². The number of cyclic esters (lactones) is 1. The van der Waals surface area contributed by atoms with Crippen LogP contribution >= 0.6 is 0 Å². The molecule has 1 fully saturated rings. The second kappa shape index (κ2) is 5.74. The molecule has 2 heterocycles. The first-order valence-corrected chi connectivity index (χ1v) is 6.46. The molecule has 22 heavy (non-hydrogen) atoms. The van der Waals surface area contributed by atoms with Gasteiger partial charge in [0.15, 0.2) is 0 Å². The lowest BCUT2D eigenvalue weighted by molar-refractivity contribution is 0.145. The van der Waals surface area contributed by atoms with E-state index in [2.05, 4.69) is 15.0 Å². The number of carbonyl (C=O) groups is 1. The van der Waals surface area contributed by atoms with Crippen LogP contribution in [0.25, 0.3) is 16.1 Å². The van der Waals surface area contributed by atoms with Gasteiger partial charge in [-0.05, 0) is 23.7 Å². The van der Waals surface area contributed by atoms with E-state index in [4.69, 9.17) is 10.3 Å². The summed E-state index contributed by atoms with van der Waals surface area (Å²) in [5.74, 6) is -0.484. The van der Waals surface area contributed by atoms with Crippen molar-refractivity contribution < 1.29 is 13.9 Å². The number of rotatable bonds is 4. The normalized spacial score (nSPS) is 17.2. The number of imidazole rings is 1. The summed E-state index contributed by atoms with van der Waals surface area (Å²) in [7, 11) is 0. The van der Waals surface area contributed by atoms with Crippen LogP contribution in [0.4, 0.5) is 14.9 Å². The lowest BCUT2D eigenvalue weighted by Crippen LogP contribution is -2.25. The average molecular weight is 302 g/mol. The molecular formula is C13H11FN6O2. The van der Waals surface area contributed by atoms with Gasteiger partial charge in [-0.2, -0.15) is 0 Å². The number of benzene rings is 1. The first-order valence-electron chi connectivity index (χ1n) is 6.46. The third kappa shape index (κ3) is 2.57. The van der Waals surface area contributed by atoms with Crippen molar-refractivity contribution in [2.45, 2.75) is 6.10 Å². The molecule has 1 aromatic heterocycles. The Kier molecular flexibility index (Phi) is 3.63. The molecule has 0 bridgehead atoms. The smallest absolute Gasteiger partial charge is 0.414 e. The topological polar surface area (TPSA) is 96.1 Å². The Labute approximate surface area is 124 Å². The van der Waals surface area contributed by atoms with Crippen LogP contribution in [0.3, 0.4) is 0 Å². The maximum Gasteiger partial charge on any atom is 0.414 e. The van der Waals surface area contributed by atoms with Crippen LogP contribution in [-0.2, 0) is 4.74 Å². The second-order valence-corrected chi connectivity index (χ2v) is 4.64. The van der Waals surface area contributed by atoms with Crippen LogP contribution in [-0.4, -0.2) is 34.8 Å². The molecule has 0 spiro atoms. The SMILES string of the molecule is [N-]=[N+]=NC[C@H]1CN(c2ccc(-n3ccnc3)c(F)c2)C(=O)O1. The minimum absolute atomic E-state index is 0.0499. The third-order valence-corrected chi connectivity index (χ3v) is 3.25. The summed E-state index contributed by atoms with van der Waals surface area (Å²) < 4.78 is 20.8. The van der Waals surface area contributed by atoms with Crippen molar-refractivity contribution in [2.75, 3.05) is 18.0 Å². The molecule has 1 aromatic carbocycles. The van der Waals surface area contributed by atoms with Gasteiger partial charge in [-0.1, -0.05) is 5.11 Å². The molecule has 8 nitrogen and oxygen atoms in total. The Morgan fingerprint density at radius 1 is 1.55 bits per heavy atom. The molecule has 0 aliphatic carbocycles. The predicted octanol–water partition coefficient (Wildman–Crippen LogP) is 2.65. The van der Waals surface area contributed by atoms with E-state index in [1.807, 2.05) is 0 Å². The summed E-state index contributed by atoms with van der Waals surface area (Å²) >= 11 is 0. The highest BCUT2D eigenvalue weighted by molar-refractivity contribution is 5.89. The van der Waals surface area contributed by atoms with Crippen LogP contribution < -0.4 is 4.90 Å². The minimum atomic E-state index is -0.590. The highest BCUT2D eigenvalue weighted by Gasteiger charge is 2.32. The first kappa shape index (κ1) is 13.9. The van der Waals surface area contributed by atoms with Crippen molar-refractivity contribution in [1.29, 1.82) is 0 Å². The lowest BCUT2D eigenvalue weighted by atomic mass is 10.2. The van der Waals surface area contributed by atoms with Crippen molar-refractivity contribution in [2.24, 2.45) is 5.11 Å². The second-order valence-electron chi connectivity index (χ2n) is 4.64. The van der Waals surface area contributed by atoms with E-state index in [-0.39, 0.29) is 13.1 Å². The molecule has 0 unspecified atom stereocenters. The summed E-state index contributed by atoms with van der Waals surface area (Å²) in [6.07, 6.45) is 3.54. The monoisotopic (exact) mass is 302 g/mol. The molecule has 1 amide bonds. The maximum atomic E-state index is 14.2. The molecule has 9 heteroatoms. The molecule has 1 saturated heterocycles. The Morgan fingerprint density at radius 3 is 3.09 bits per heavy atom. The number of ether oxygens (including phenoxy) is 1. The van der Waals surface area contributed by atoms with Gasteiger partial charge in [0, 0.05) is 17.3 Å². The van der Waals surface area contributed by atoms with Gasteiger partial charge in [0.1, 0.15) is 11.9 Å². The molecule has 1 atom stereocenters. The van der Waals surface area contributed by atoms with Crippen LogP contribution in [0, 0.1) is 5.82 Å². The quantitative estimate of drug-likeness (QED) is 0.493. The number of anilines is 1. The number of azide groups is 1. The van der Waals surface area contributed by atoms with E-state index in [9.17, 15) is 9.18 Å². The van der Waals surface area contributed by atoms with E-state index in [1.165, 1.54) is 21.9 Å². The number of nitrogens with zero attached hydrogens (tertiary/aromatic N) is 6. The molecule has 112 valence electrons. The number of halogens is 1. The molecule has 0 N–H and O–H groups in total. The fourth-order valence-electron chi connectivity index (χ4n) is 2.23. The van der Waals surface area contributed by atoms with Crippen molar-refractivity contribution in [1.82, 2.24) is 9.55 Å². The molecule has 1 aliphatic heterocycles. The Bertz CT molecular complexity index is 741. The summed E-state index contributed by atoms with van der Waals surface area (Å²) in [5.41, 5.74) is 9.00. The van der Waals surface area contributed by atoms with E-state index in [0.717, 1.165) is 0 Å². The van der Waals surface area contributed by atoms with Gasteiger partial charge in [-0.15, -0.1) is 0 Å². The van der Waals surface area contributed by atoms with Crippen LogP contribution in [0.2, 0.25) is 0 Å². The number of hydrogen-bond acceptors (Lipinski definition) is 4. The molecule has 2 aromatic rings. The Hall–Kier alpha value is -3.06. The zero-order chi connectivity index (χ0) is 15.5. The van der Waals surface area contributed by atoms with Gasteiger partial charge in [-0.25, -0.2) is 14.2 Å². The van der Waals surface area contributed by atoms with Crippen molar-refractivity contribution in [3.63, 3.8) is 0 Å². The van der Waals surface area contributed by atoms with E-state index in [1.54, 1.807) is 24.5 Å². The van der Waals surface area contributed by atoms with Crippen LogP contribution in [0.5, 0.6) is 0 Å². The van der Waals surface area contributed by atoms with Crippen LogP contribution in [0.15, 0.2) is 42.0 Å². The minimum Gasteiger partial charge on any atom is -0.444 e. The van der Waals surface area contributed by atoms with Crippen molar-refractivity contribution >= 4 is 11.8 Å². The summed E-state index contributed by atoms with van der Waals surface area (Å²) in [6, 6.07) is 4.43. The number of amides is 1. The highest BCUT2D eigenvalue weighted by atomic mass is 19.1. The molecule has 0 radical (unpaired) electrons. The molecule has 0 saturated carbocycles. The van der Waals surface area contributed by atoms with Gasteiger partial charge in [0.25, 0.3) is 0 Å². The lowest BCUT2D eigenvalue weighted by Gasteiger charge is -2.14. The van der Waals surface area contributed by atoms with Gasteiger partial charge in [0.2, 0.25) is 0 Å². The summed E-state index contributed by atoms with van der Waals surface area (Å²) in [4.78, 5) is 19.6. The zero-order valence-corrected chi connectivity index (χ0v) is 11.3. The summed E-state index contributed by atoms with van der Waals surface area (Å²) in [6.45, 7) is 0.260. The highest BCUT2D eigenvalue weighted by Crippen LogP contribution is 2.25. The van der Waals surface area contributed by atoms with Gasteiger partial charge in [-0.3, -0.25) is 4.90 Å². The third-order valence-electron chi connectivity index (χ3n) is 3.25. The molecular weight excluding hydrogens is 291 g/mol. The molecule has 1 aliphatic rings. The number of carbonyl (C=O) groups excluding carboxylic acids is 1. The zero-order valence-electron chi connectivity index (χ0n) is 11.3. The number of hydrogen-bond donors (Lipinski definition) is 0. The first-order chi connectivity index (χ1) is 10.7. The van der Waals surface area contributed by atoms with E-state index < -0.39 is 18.0 Å².